The average Bonchev–Trinajstić information content (AvgIpc) is 3.01. The van der Waals surface area contributed by atoms with E-state index in [9.17, 15) is 24.3 Å². The third-order valence-corrected chi connectivity index (χ3v) is 7.69. The lowest BCUT2D eigenvalue weighted by Gasteiger charge is -2.52. The Labute approximate surface area is 189 Å². The van der Waals surface area contributed by atoms with E-state index < -0.39 is 34.7 Å². The number of phenolic OH excluding ortho intramolecular Hbond substituents is 1. The lowest BCUT2D eigenvalue weighted by atomic mass is 9.51. The molecule has 9 nitrogen and oxygen atoms in total. The molecule has 2 heterocycles. The molecule has 33 heavy (non-hydrogen) atoms. The van der Waals surface area contributed by atoms with E-state index in [1.165, 1.54) is 29.6 Å². The van der Waals surface area contributed by atoms with Crippen LogP contribution in [0, 0.1) is 11.3 Å². The minimum absolute atomic E-state index is 0.110. The third-order valence-electron chi connectivity index (χ3n) is 7.69. The van der Waals surface area contributed by atoms with E-state index in [1.807, 2.05) is 6.08 Å². The molecule has 0 spiro atoms. The summed E-state index contributed by atoms with van der Waals surface area (Å²) in [4.78, 5) is 52.5. The van der Waals surface area contributed by atoms with Crippen LogP contribution in [0.2, 0.25) is 0 Å². The van der Waals surface area contributed by atoms with Gasteiger partial charge in [0, 0.05) is 24.4 Å². The number of carbonyl (C=O) groups is 2. The van der Waals surface area contributed by atoms with Crippen molar-refractivity contribution in [1.82, 2.24) is 13.9 Å². The molecule has 4 atom stereocenters. The zero-order valence-corrected chi connectivity index (χ0v) is 18.9. The van der Waals surface area contributed by atoms with Crippen LogP contribution in [0.4, 0.5) is 0 Å². The molecule has 172 valence electrons. The number of para-hydroxylation sites is 1. The van der Waals surface area contributed by atoms with Gasteiger partial charge in [0.2, 0.25) is 0 Å². The molecule has 2 aliphatic carbocycles. The van der Waals surface area contributed by atoms with Crippen LogP contribution in [0.5, 0.6) is 11.5 Å². The predicted octanol–water partition coefficient (Wildman–Crippen LogP) is 1.45. The number of carbonyl (C=O) groups excluding carboxylic acids is 2. The van der Waals surface area contributed by atoms with Crippen molar-refractivity contribution in [2.45, 2.75) is 38.8 Å². The second-order valence-corrected chi connectivity index (χ2v) is 9.23. The topological polar surface area (TPSA) is 113 Å². The maximum atomic E-state index is 13.5. The van der Waals surface area contributed by atoms with E-state index in [0.717, 1.165) is 10.1 Å². The van der Waals surface area contributed by atoms with E-state index in [-0.39, 0.29) is 36.0 Å². The molecule has 1 fully saturated rings. The van der Waals surface area contributed by atoms with Gasteiger partial charge >= 0.3 is 11.4 Å². The molecule has 0 bridgehead atoms. The zero-order chi connectivity index (χ0) is 23.8. The Morgan fingerprint density at radius 1 is 1.15 bits per heavy atom. The smallest absolute Gasteiger partial charge is 0.347 e. The summed E-state index contributed by atoms with van der Waals surface area (Å²) in [6.45, 7) is 3.53. The fourth-order valence-electron chi connectivity index (χ4n) is 5.93. The van der Waals surface area contributed by atoms with Crippen LogP contribution in [0.3, 0.4) is 0 Å². The molecule has 0 saturated heterocycles. The van der Waals surface area contributed by atoms with Gasteiger partial charge in [0.05, 0.1) is 25.1 Å². The van der Waals surface area contributed by atoms with Crippen molar-refractivity contribution in [3.8, 4) is 11.5 Å². The normalized spacial score (nSPS) is 28.4. The van der Waals surface area contributed by atoms with E-state index in [1.54, 1.807) is 32.0 Å². The van der Waals surface area contributed by atoms with E-state index in [2.05, 4.69) is 0 Å². The van der Waals surface area contributed by atoms with Crippen LogP contribution in [-0.2, 0) is 23.2 Å². The number of rotatable bonds is 2. The van der Waals surface area contributed by atoms with Crippen molar-refractivity contribution in [2.75, 3.05) is 7.11 Å². The Kier molecular flexibility index (Phi) is 4.46. The predicted molar refractivity (Wildman–Crippen MR) is 118 cm³/mol. The van der Waals surface area contributed by atoms with Crippen molar-refractivity contribution < 1.29 is 19.4 Å². The number of allylic oxidation sites excluding steroid dienone is 4. The van der Waals surface area contributed by atoms with Gasteiger partial charge in [-0.1, -0.05) is 25.1 Å². The molecule has 1 aromatic carbocycles. The van der Waals surface area contributed by atoms with Crippen molar-refractivity contribution in [3.63, 3.8) is 0 Å². The fourth-order valence-corrected chi connectivity index (χ4v) is 5.93. The first-order valence-corrected chi connectivity index (χ1v) is 10.8. The number of hydrogen-bond acceptors (Lipinski definition) is 6. The van der Waals surface area contributed by atoms with E-state index >= 15 is 0 Å². The molecule has 9 heteroatoms. The summed E-state index contributed by atoms with van der Waals surface area (Å²) in [5.41, 5.74) is -0.520. The van der Waals surface area contributed by atoms with Gasteiger partial charge < -0.3 is 9.84 Å². The summed E-state index contributed by atoms with van der Waals surface area (Å²) in [5.74, 6) is -1.62. The zero-order valence-electron chi connectivity index (χ0n) is 18.9. The minimum Gasteiger partial charge on any atom is -0.504 e. The summed E-state index contributed by atoms with van der Waals surface area (Å²) in [7, 11) is 2.86. The highest BCUT2D eigenvalue weighted by molar-refractivity contribution is 6.13. The summed E-state index contributed by atoms with van der Waals surface area (Å²) >= 11 is 0. The molecule has 1 saturated carbocycles. The minimum atomic E-state index is -1.16. The second-order valence-electron chi connectivity index (χ2n) is 9.23. The number of fused-ring (bicyclic) bond motifs is 4. The summed E-state index contributed by atoms with van der Waals surface area (Å²) < 4.78 is 9.10. The Morgan fingerprint density at radius 2 is 1.88 bits per heavy atom. The fraction of sp³-hybridized carbons (Fsp3) is 0.417. The molecule has 5 rings (SSSR count). The highest BCUT2D eigenvalue weighted by Gasteiger charge is 2.59. The van der Waals surface area contributed by atoms with E-state index in [0.29, 0.717) is 11.1 Å². The molecular weight excluding hydrogens is 426 g/mol. The molecule has 1 N–H and O–H groups in total. The molecule has 1 aromatic heterocycles. The van der Waals surface area contributed by atoms with Gasteiger partial charge in [-0.2, -0.15) is 0 Å². The van der Waals surface area contributed by atoms with Crippen LogP contribution in [0.15, 0.2) is 51.1 Å². The first kappa shape index (κ1) is 21.2. The molecule has 3 aliphatic rings. The summed E-state index contributed by atoms with van der Waals surface area (Å²) in [6.07, 6.45) is 3.44. The lowest BCUT2D eigenvalue weighted by Crippen LogP contribution is -2.54. The van der Waals surface area contributed by atoms with Crippen molar-refractivity contribution >= 4 is 11.6 Å². The van der Waals surface area contributed by atoms with Crippen LogP contribution in [-0.4, -0.2) is 37.7 Å². The van der Waals surface area contributed by atoms with Crippen LogP contribution in [0.25, 0.3) is 0 Å². The van der Waals surface area contributed by atoms with Crippen molar-refractivity contribution in [1.29, 1.82) is 0 Å². The first-order valence-electron chi connectivity index (χ1n) is 10.8. The molecule has 1 aliphatic heterocycles. The van der Waals surface area contributed by atoms with E-state index in [4.69, 9.17) is 4.74 Å². The van der Waals surface area contributed by atoms with Gasteiger partial charge in [-0.05, 0) is 36.6 Å². The summed E-state index contributed by atoms with van der Waals surface area (Å²) in [6, 6.07) is 4.45. The molecule has 0 unspecified atom stereocenters. The Bertz CT molecular complexity index is 1400. The standard InChI is InChI=1S/C24H25N3O6/c1-12-10-18(28)24(2)15(20(12)29)11-16-13(8-9-26-22(31)25(3)23(32)27(16)26)19(24)14-6-5-7-17(33-4)21(14)30/h5-8,10,15-16,19,30H,9,11H2,1-4H3/t15-,16+,19+,24-/m0/s1. The number of methoxy groups -OCH3 is 1. The highest BCUT2D eigenvalue weighted by Crippen LogP contribution is 2.61. The highest BCUT2D eigenvalue weighted by atomic mass is 16.5. The number of ether oxygens (including phenoxy) is 1. The SMILES string of the molecule is COc1cccc([C@H]2C3=CCn4c(=O)n(C)c(=O)n4[C@@H]3C[C@H]3C(=O)C(C)=CC(=O)[C@@]23C)c1O. The van der Waals surface area contributed by atoms with Gasteiger partial charge in [-0.3, -0.25) is 9.59 Å². The number of hydrogen-bond donors (Lipinski definition) is 1. The van der Waals surface area contributed by atoms with Crippen molar-refractivity contribution in [3.05, 3.63) is 68.0 Å². The number of nitrogens with zero attached hydrogens (tertiary/aromatic N) is 3. The average molecular weight is 451 g/mol. The maximum absolute atomic E-state index is 13.5. The quantitative estimate of drug-likeness (QED) is 0.692. The second kappa shape index (κ2) is 6.94. The van der Waals surface area contributed by atoms with Gasteiger partial charge in [0.1, 0.15) is 0 Å². The van der Waals surface area contributed by atoms with Crippen molar-refractivity contribution in [2.24, 2.45) is 18.4 Å². The monoisotopic (exact) mass is 451 g/mol. The number of aromatic hydroxyl groups is 1. The molecule has 2 aromatic rings. The van der Waals surface area contributed by atoms with Gasteiger partial charge in [-0.15, -0.1) is 0 Å². The number of ketones is 2. The molecule has 0 radical (unpaired) electrons. The Morgan fingerprint density at radius 3 is 2.58 bits per heavy atom. The van der Waals surface area contributed by atoms with Crippen LogP contribution in [0.1, 0.15) is 37.8 Å². The largest absolute Gasteiger partial charge is 0.504 e. The Hall–Kier alpha value is -3.62. The number of Topliss-reactive ketones (excluding diaryl/α,β-unsaturated/α-hetero) is 1. The maximum Gasteiger partial charge on any atom is 0.347 e. The van der Waals surface area contributed by atoms with Gasteiger partial charge in [-0.25, -0.2) is 23.5 Å². The van der Waals surface area contributed by atoms with Gasteiger partial charge in [0.15, 0.2) is 23.1 Å². The Balaban J connectivity index is 1.82. The lowest BCUT2D eigenvalue weighted by molar-refractivity contribution is -0.139. The third kappa shape index (κ3) is 2.59. The summed E-state index contributed by atoms with van der Waals surface area (Å²) in [5, 5.41) is 11.0. The molecular formula is C24H25N3O6. The number of benzene rings is 1. The number of phenols is 1. The van der Waals surface area contributed by atoms with Crippen LogP contribution >= 0.6 is 0 Å². The number of aromatic nitrogens is 3. The first-order chi connectivity index (χ1) is 15.6. The van der Waals surface area contributed by atoms with Crippen LogP contribution < -0.4 is 16.1 Å². The van der Waals surface area contributed by atoms with Gasteiger partial charge in [0.25, 0.3) is 0 Å². The molecule has 0 amide bonds.